The van der Waals surface area contributed by atoms with Crippen LogP contribution in [-0.2, 0) is 11.3 Å². The van der Waals surface area contributed by atoms with Crippen LogP contribution in [0.5, 0.6) is 0 Å². The number of carbonyl (C=O) groups is 2. The lowest BCUT2D eigenvalue weighted by Crippen LogP contribution is -2.36. The first-order valence-corrected chi connectivity index (χ1v) is 8.44. The molecule has 0 unspecified atom stereocenters. The van der Waals surface area contributed by atoms with Crippen LogP contribution in [0.3, 0.4) is 0 Å². The molecule has 132 valence electrons. The van der Waals surface area contributed by atoms with Crippen LogP contribution in [0.2, 0.25) is 0 Å². The minimum Gasteiger partial charge on any atom is -0.464 e. The molecule has 0 saturated carbocycles. The lowest BCUT2D eigenvalue weighted by Gasteiger charge is -2.29. The first-order chi connectivity index (χ1) is 12.5. The van der Waals surface area contributed by atoms with Crippen molar-refractivity contribution in [1.82, 2.24) is 10.6 Å². The first-order valence-electron chi connectivity index (χ1n) is 8.44. The fourth-order valence-corrected chi connectivity index (χ4v) is 3.24. The molecule has 0 saturated heterocycles. The third-order valence-electron chi connectivity index (χ3n) is 4.68. The van der Waals surface area contributed by atoms with E-state index >= 15 is 0 Å². The van der Waals surface area contributed by atoms with E-state index in [1.54, 1.807) is 6.07 Å². The first kappa shape index (κ1) is 16.2. The second kappa shape index (κ2) is 5.91. The minimum atomic E-state index is -0.161. The van der Waals surface area contributed by atoms with Crippen LogP contribution in [0.15, 0.2) is 58.3 Å². The summed E-state index contributed by atoms with van der Waals surface area (Å²) in [4.78, 5) is 24.4. The van der Waals surface area contributed by atoms with E-state index < -0.39 is 0 Å². The van der Waals surface area contributed by atoms with Gasteiger partial charge in [-0.2, -0.15) is 0 Å². The van der Waals surface area contributed by atoms with Gasteiger partial charge in [-0.3, -0.25) is 9.59 Å². The van der Waals surface area contributed by atoms with E-state index in [9.17, 15) is 9.59 Å². The van der Waals surface area contributed by atoms with E-state index in [1.807, 2.05) is 38.1 Å². The van der Waals surface area contributed by atoms with Crippen LogP contribution in [0.4, 0.5) is 5.69 Å². The molecule has 3 N–H and O–H groups in total. The molecule has 1 aromatic heterocycles. The van der Waals surface area contributed by atoms with Gasteiger partial charge in [0.25, 0.3) is 5.91 Å². The summed E-state index contributed by atoms with van der Waals surface area (Å²) < 4.78 is 5.63. The predicted molar refractivity (Wildman–Crippen MR) is 97.4 cm³/mol. The van der Waals surface area contributed by atoms with Crippen molar-refractivity contribution in [1.29, 1.82) is 0 Å². The summed E-state index contributed by atoms with van der Waals surface area (Å²) in [6.45, 7) is 8.17. The van der Waals surface area contributed by atoms with Crippen molar-refractivity contribution < 1.29 is 14.0 Å². The number of benzene rings is 1. The van der Waals surface area contributed by atoms with Gasteiger partial charge >= 0.3 is 0 Å². The number of carbonyl (C=O) groups excluding carboxylic acids is 2. The van der Waals surface area contributed by atoms with Crippen molar-refractivity contribution in [3.63, 3.8) is 0 Å². The quantitative estimate of drug-likeness (QED) is 0.723. The molecule has 1 aliphatic carbocycles. The maximum Gasteiger partial charge on any atom is 0.254 e. The molecule has 2 aliphatic rings. The molecule has 1 aliphatic heterocycles. The number of aryl methyl sites for hydroxylation is 1. The van der Waals surface area contributed by atoms with Crippen LogP contribution < -0.4 is 16.0 Å². The van der Waals surface area contributed by atoms with Crippen molar-refractivity contribution in [2.75, 3.05) is 5.32 Å². The molecule has 4 rings (SSSR count). The summed E-state index contributed by atoms with van der Waals surface area (Å²) in [5.74, 6) is 1.31. The Labute approximate surface area is 151 Å². The third kappa shape index (κ3) is 2.50. The van der Waals surface area contributed by atoms with Gasteiger partial charge < -0.3 is 20.4 Å². The molecule has 26 heavy (non-hydrogen) atoms. The number of amides is 1. The third-order valence-corrected chi connectivity index (χ3v) is 4.68. The molecular weight excluding hydrogens is 330 g/mol. The Morgan fingerprint density at radius 1 is 1.19 bits per heavy atom. The Morgan fingerprint density at radius 3 is 2.73 bits per heavy atom. The van der Waals surface area contributed by atoms with Crippen LogP contribution in [0.1, 0.15) is 40.4 Å². The molecule has 6 nitrogen and oxygen atoms in total. The van der Waals surface area contributed by atoms with E-state index in [-0.39, 0.29) is 17.7 Å². The fraction of sp³-hybridized carbons (Fsp3) is 0.200. The SMILES string of the molecule is C=C1C(=O)C(Nc2cccc3c2C(=O)NC3)=C1N[C@H](C)c1ccc(C)o1. The van der Waals surface area contributed by atoms with Gasteiger partial charge in [-0.1, -0.05) is 18.7 Å². The number of fused-ring (bicyclic) bond motifs is 1. The Kier molecular flexibility index (Phi) is 3.68. The number of Topliss-reactive ketones (excluding diaryl/α,β-unsaturated/α-hetero) is 1. The van der Waals surface area contributed by atoms with E-state index in [1.165, 1.54) is 0 Å². The second-order valence-corrected chi connectivity index (χ2v) is 6.52. The zero-order valence-corrected chi connectivity index (χ0v) is 14.6. The maximum atomic E-state index is 12.3. The van der Waals surface area contributed by atoms with Crippen LogP contribution in [0, 0.1) is 6.92 Å². The molecule has 6 heteroatoms. The van der Waals surface area contributed by atoms with Gasteiger partial charge in [-0.05, 0) is 37.6 Å². The summed E-state index contributed by atoms with van der Waals surface area (Å²) in [6, 6.07) is 9.23. The summed E-state index contributed by atoms with van der Waals surface area (Å²) in [5, 5.41) is 9.19. The van der Waals surface area contributed by atoms with Gasteiger partial charge in [0.1, 0.15) is 17.2 Å². The smallest absolute Gasteiger partial charge is 0.254 e. The topological polar surface area (TPSA) is 83.4 Å². The van der Waals surface area contributed by atoms with Crippen molar-refractivity contribution >= 4 is 17.4 Å². The van der Waals surface area contributed by atoms with Crippen LogP contribution >= 0.6 is 0 Å². The minimum absolute atomic E-state index is 0.120. The molecular formula is C20H19N3O3. The number of nitrogens with one attached hydrogen (secondary N) is 3. The number of ketones is 1. The van der Waals surface area contributed by atoms with E-state index in [4.69, 9.17) is 4.42 Å². The molecule has 1 amide bonds. The summed E-state index contributed by atoms with van der Waals surface area (Å²) in [6.07, 6.45) is 0. The van der Waals surface area contributed by atoms with Crippen molar-refractivity contribution in [3.8, 4) is 0 Å². The lowest BCUT2D eigenvalue weighted by atomic mass is 9.91. The van der Waals surface area contributed by atoms with E-state index in [0.29, 0.717) is 34.8 Å². The molecule has 0 fully saturated rings. The highest BCUT2D eigenvalue weighted by molar-refractivity contribution is 6.21. The average Bonchev–Trinajstić information content (AvgIpc) is 3.24. The van der Waals surface area contributed by atoms with Gasteiger partial charge in [-0.15, -0.1) is 0 Å². The maximum absolute atomic E-state index is 12.3. The number of anilines is 1. The van der Waals surface area contributed by atoms with Crippen LogP contribution in [-0.4, -0.2) is 11.7 Å². The predicted octanol–water partition coefficient (Wildman–Crippen LogP) is 2.94. The van der Waals surface area contributed by atoms with Gasteiger partial charge in [0.15, 0.2) is 0 Å². The highest BCUT2D eigenvalue weighted by atomic mass is 16.3. The second-order valence-electron chi connectivity index (χ2n) is 6.52. The normalized spacial score (nSPS) is 16.9. The molecule has 0 radical (unpaired) electrons. The largest absolute Gasteiger partial charge is 0.464 e. The molecule has 0 bridgehead atoms. The van der Waals surface area contributed by atoms with Crippen molar-refractivity contribution in [2.24, 2.45) is 0 Å². The highest BCUT2D eigenvalue weighted by Crippen LogP contribution is 2.33. The molecule has 0 spiro atoms. The van der Waals surface area contributed by atoms with Gasteiger partial charge in [-0.25, -0.2) is 0 Å². The monoisotopic (exact) mass is 349 g/mol. The number of hydrogen-bond donors (Lipinski definition) is 3. The number of allylic oxidation sites excluding steroid dienone is 2. The summed E-state index contributed by atoms with van der Waals surface area (Å²) in [5.41, 5.74) is 3.60. The number of furan rings is 1. The fourth-order valence-electron chi connectivity index (χ4n) is 3.24. The number of rotatable bonds is 5. The van der Waals surface area contributed by atoms with E-state index in [0.717, 1.165) is 17.1 Å². The van der Waals surface area contributed by atoms with Crippen molar-refractivity contribution in [3.05, 3.63) is 76.5 Å². The zero-order chi connectivity index (χ0) is 18.4. The summed E-state index contributed by atoms with van der Waals surface area (Å²) in [7, 11) is 0. The Balaban J connectivity index is 1.62. The highest BCUT2D eigenvalue weighted by Gasteiger charge is 2.35. The Hall–Kier alpha value is -3.28. The van der Waals surface area contributed by atoms with E-state index in [2.05, 4.69) is 22.5 Å². The lowest BCUT2D eigenvalue weighted by molar-refractivity contribution is -0.113. The standard InChI is InChI=1S/C20H19N3O3/c1-10-7-8-15(26-10)12(3)22-17-11(2)19(24)18(17)23-14-6-4-5-13-9-21-20(25)16(13)14/h4-8,12,22-23H,2,9H2,1,3H3,(H,21,25)/t12-/m1/s1. The zero-order valence-electron chi connectivity index (χ0n) is 14.6. The molecule has 2 aromatic rings. The van der Waals surface area contributed by atoms with Crippen LogP contribution in [0.25, 0.3) is 0 Å². The molecule has 1 atom stereocenters. The van der Waals surface area contributed by atoms with Gasteiger partial charge in [0.2, 0.25) is 5.78 Å². The Morgan fingerprint density at radius 2 is 2.00 bits per heavy atom. The molecule has 1 aromatic carbocycles. The van der Waals surface area contributed by atoms with Crippen molar-refractivity contribution in [2.45, 2.75) is 26.4 Å². The molecule has 2 heterocycles. The van der Waals surface area contributed by atoms with Gasteiger partial charge in [0.05, 0.1) is 23.0 Å². The average molecular weight is 349 g/mol. The number of hydrogen-bond acceptors (Lipinski definition) is 5. The Bertz CT molecular complexity index is 984. The van der Waals surface area contributed by atoms with Gasteiger partial charge in [0, 0.05) is 12.1 Å². The summed E-state index contributed by atoms with van der Waals surface area (Å²) >= 11 is 0.